The summed E-state index contributed by atoms with van der Waals surface area (Å²) < 4.78 is 32.3. The molecule has 0 atom stereocenters. The Kier molecular flexibility index (Phi) is 6.10. The highest BCUT2D eigenvalue weighted by atomic mass is 32.2. The first-order valence-electron chi connectivity index (χ1n) is 7.59. The minimum Gasteiger partial charge on any atom is -0.385 e. The number of nitrogens with zero attached hydrogens (tertiary/aromatic N) is 2. The van der Waals surface area contributed by atoms with E-state index >= 15 is 0 Å². The highest BCUT2D eigenvalue weighted by molar-refractivity contribution is 7.92. The molecule has 0 bridgehead atoms. The first-order valence-corrected chi connectivity index (χ1v) is 9.07. The maximum atomic E-state index is 12.5. The van der Waals surface area contributed by atoms with Crippen LogP contribution in [0.5, 0.6) is 0 Å². The second-order valence-electron chi connectivity index (χ2n) is 5.45. The Morgan fingerprint density at radius 3 is 2.42 bits per heavy atom. The Labute approximate surface area is 142 Å². The third-order valence-corrected chi connectivity index (χ3v) is 4.87. The van der Waals surface area contributed by atoms with Crippen molar-refractivity contribution in [2.45, 2.75) is 25.2 Å². The number of aryl methyl sites for hydroxylation is 2. The minimum absolute atomic E-state index is 0.178. The summed E-state index contributed by atoms with van der Waals surface area (Å²) in [6.45, 7) is 5.05. The van der Waals surface area contributed by atoms with E-state index in [0.29, 0.717) is 24.5 Å². The second-order valence-corrected chi connectivity index (χ2v) is 7.10. The van der Waals surface area contributed by atoms with Crippen LogP contribution in [0.2, 0.25) is 0 Å². The molecular formula is C16H22N4O3S. The molecule has 0 spiro atoms. The Hall–Kier alpha value is -2.19. The normalized spacial score (nSPS) is 11.3. The van der Waals surface area contributed by atoms with E-state index in [2.05, 4.69) is 20.2 Å². The lowest BCUT2D eigenvalue weighted by Gasteiger charge is -2.10. The summed E-state index contributed by atoms with van der Waals surface area (Å²) in [4.78, 5) is 0.233. The van der Waals surface area contributed by atoms with E-state index in [1.165, 1.54) is 0 Å². The van der Waals surface area contributed by atoms with Gasteiger partial charge in [-0.3, -0.25) is 4.72 Å². The van der Waals surface area contributed by atoms with Crippen molar-refractivity contribution in [2.75, 3.05) is 30.3 Å². The van der Waals surface area contributed by atoms with Crippen LogP contribution in [0.3, 0.4) is 0 Å². The summed E-state index contributed by atoms with van der Waals surface area (Å²) >= 11 is 0. The van der Waals surface area contributed by atoms with E-state index in [-0.39, 0.29) is 10.7 Å². The molecule has 7 nitrogen and oxygen atoms in total. The SMILES string of the molecule is COCCCNc1ccc(NS(=O)(=O)c2ccc(C)cc2C)nn1. The van der Waals surface area contributed by atoms with E-state index in [4.69, 9.17) is 4.74 Å². The van der Waals surface area contributed by atoms with Gasteiger partial charge in [0.15, 0.2) is 5.82 Å². The molecular weight excluding hydrogens is 328 g/mol. The summed E-state index contributed by atoms with van der Waals surface area (Å²) in [5, 5.41) is 10.9. The van der Waals surface area contributed by atoms with Gasteiger partial charge in [-0.05, 0) is 44.0 Å². The molecule has 1 aromatic heterocycles. The van der Waals surface area contributed by atoms with Crippen molar-refractivity contribution in [1.82, 2.24) is 10.2 Å². The average molecular weight is 350 g/mol. The van der Waals surface area contributed by atoms with Crippen LogP contribution in [-0.2, 0) is 14.8 Å². The fourth-order valence-corrected chi connectivity index (χ4v) is 3.43. The Bertz CT molecular complexity index is 776. The number of anilines is 2. The van der Waals surface area contributed by atoms with Crippen LogP contribution in [0.4, 0.5) is 11.6 Å². The van der Waals surface area contributed by atoms with Gasteiger partial charge in [-0.1, -0.05) is 17.7 Å². The molecule has 0 fully saturated rings. The standard InChI is InChI=1S/C16H22N4O3S/c1-12-5-6-14(13(2)11-12)24(21,22)20-16-8-7-15(18-19-16)17-9-4-10-23-3/h5-8,11H,4,9-10H2,1-3H3,(H,17,18)(H,19,20). The van der Waals surface area contributed by atoms with Gasteiger partial charge in [0.25, 0.3) is 10.0 Å². The zero-order valence-electron chi connectivity index (χ0n) is 14.0. The minimum atomic E-state index is -3.69. The molecule has 0 aliphatic carbocycles. The van der Waals surface area contributed by atoms with Crippen LogP contribution in [0.15, 0.2) is 35.2 Å². The number of methoxy groups -OCH3 is 1. The lowest BCUT2D eigenvalue weighted by Crippen LogP contribution is -2.16. The number of sulfonamides is 1. The van der Waals surface area contributed by atoms with E-state index < -0.39 is 10.0 Å². The van der Waals surface area contributed by atoms with Crippen molar-refractivity contribution in [1.29, 1.82) is 0 Å². The van der Waals surface area contributed by atoms with Gasteiger partial charge in [0.05, 0.1) is 4.90 Å². The molecule has 0 saturated carbocycles. The predicted molar refractivity (Wildman–Crippen MR) is 93.7 cm³/mol. The monoisotopic (exact) mass is 350 g/mol. The Balaban J connectivity index is 2.04. The topological polar surface area (TPSA) is 93.2 Å². The Morgan fingerprint density at radius 2 is 1.79 bits per heavy atom. The summed E-state index contributed by atoms with van der Waals surface area (Å²) in [6.07, 6.45) is 0.846. The Morgan fingerprint density at radius 1 is 1.08 bits per heavy atom. The van der Waals surface area contributed by atoms with Crippen molar-refractivity contribution < 1.29 is 13.2 Å². The fourth-order valence-electron chi connectivity index (χ4n) is 2.21. The van der Waals surface area contributed by atoms with Gasteiger partial charge >= 0.3 is 0 Å². The summed E-state index contributed by atoms with van der Waals surface area (Å²) in [5.74, 6) is 0.762. The lowest BCUT2D eigenvalue weighted by molar-refractivity contribution is 0.197. The van der Waals surface area contributed by atoms with Crippen molar-refractivity contribution in [3.63, 3.8) is 0 Å². The van der Waals surface area contributed by atoms with Crippen LogP contribution in [0.25, 0.3) is 0 Å². The third-order valence-electron chi connectivity index (χ3n) is 3.35. The van der Waals surface area contributed by atoms with Crippen molar-refractivity contribution in [3.8, 4) is 0 Å². The van der Waals surface area contributed by atoms with Crippen LogP contribution in [0.1, 0.15) is 17.5 Å². The molecule has 2 aromatic rings. The zero-order chi connectivity index (χ0) is 17.6. The lowest BCUT2D eigenvalue weighted by atomic mass is 10.2. The number of hydrogen-bond acceptors (Lipinski definition) is 6. The van der Waals surface area contributed by atoms with Crippen molar-refractivity contribution >= 4 is 21.7 Å². The smallest absolute Gasteiger partial charge is 0.263 e. The first-order chi connectivity index (χ1) is 11.4. The predicted octanol–water partition coefficient (Wildman–Crippen LogP) is 2.34. The van der Waals surface area contributed by atoms with Crippen LogP contribution >= 0.6 is 0 Å². The maximum Gasteiger partial charge on any atom is 0.263 e. The number of ether oxygens (including phenoxy) is 1. The first kappa shape index (κ1) is 18.2. The van der Waals surface area contributed by atoms with E-state index in [9.17, 15) is 8.42 Å². The van der Waals surface area contributed by atoms with Gasteiger partial charge in [-0.25, -0.2) is 8.42 Å². The number of rotatable bonds is 8. The molecule has 0 aliphatic heterocycles. The number of benzene rings is 1. The molecule has 0 unspecified atom stereocenters. The maximum absolute atomic E-state index is 12.5. The van der Waals surface area contributed by atoms with Gasteiger partial charge < -0.3 is 10.1 Å². The van der Waals surface area contributed by atoms with Crippen molar-refractivity contribution in [2.24, 2.45) is 0 Å². The molecule has 0 radical (unpaired) electrons. The van der Waals surface area contributed by atoms with Crippen molar-refractivity contribution in [3.05, 3.63) is 41.5 Å². The highest BCUT2D eigenvalue weighted by Gasteiger charge is 2.17. The van der Waals surface area contributed by atoms with Gasteiger partial charge in [-0.2, -0.15) is 0 Å². The molecule has 0 amide bonds. The zero-order valence-corrected chi connectivity index (χ0v) is 14.9. The molecule has 1 heterocycles. The molecule has 24 heavy (non-hydrogen) atoms. The average Bonchev–Trinajstić information content (AvgIpc) is 2.52. The van der Waals surface area contributed by atoms with Gasteiger partial charge in [0, 0.05) is 20.3 Å². The quantitative estimate of drug-likeness (QED) is 0.710. The summed E-state index contributed by atoms with van der Waals surface area (Å²) in [7, 11) is -2.04. The van der Waals surface area contributed by atoms with E-state index in [1.807, 2.05) is 13.0 Å². The largest absolute Gasteiger partial charge is 0.385 e. The molecule has 8 heteroatoms. The van der Waals surface area contributed by atoms with Crippen LogP contribution in [0, 0.1) is 13.8 Å². The van der Waals surface area contributed by atoms with Crippen LogP contribution < -0.4 is 10.0 Å². The summed E-state index contributed by atoms with van der Waals surface area (Å²) in [5.41, 5.74) is 1.70. The van der Waals surface area contributed by atoms with Crippen LogP contribution in [-0.4, -0.2) is 38.9 Å². The molecule has 2 rings (SSSR count). The molecule has 1 aromatic carbocycles. The third kappa shape index (κ3) is 4.90. The van der Waals surface area contributed by atoms with Gasteiger partial charge in [-0.15, -0.1) is 10.2 Å². The van der Waals surface area contributed by atoms with Gasteiger partial charge in [0.1, 0.15) is 5.82 Å². The second kappa shape index (κ2) is 8.07. The molecule has 130 valence electrons. The fraction of sp³-hybridized carbons (Fsp3) is 0.375. The van der Waals surface area contributed by atoms with E-state index in [0.717, 1.165) is 12.0 Å². The number of nitrogens with one attached hydrogen (secondary N) is 2. The summed E-state index contributed by atoms with van der Waals surface area (Å²) in [6, 6.07) is 8.44. The van der Waals surface area contributed by atoms with E-state index in [1.54, 1.807) is 38.3 Å². The number of hydrogen-bond donors (Lipinski definition) is 2. The highest BCUT2D eigenvalue weighted by Crippen LogP contribution is 2.19. The molecule has 0 aliphatic rings. The molecule has 0 saturated heterocycles. The molecule has 2 N–H and O–H groups in total. The number of aromatic nitrogens is 2. The van der Waals surface area contributed by atoms with Gasteiger partial charge in [0.2, 0.25) is 0 Å².